The molecule has 0 aliphatic carbocycles. The number of sulfonamides is 1. The number of hydrogen-bond donors (Lipinski definition) is 1. The number of carbonyl (C=O) groups is 1. The van der Waals surface area contributed by atoms with Crippen molar-refractivity contribution in [3.05, 3.63) is 59.7 Å². The van der Waals surface area contributed by atoms with Crippen LogP contribution in [-0.2, 0) is 14.8 Å². The summed E-state index contributed by atoms with van der Waals surface area (Å²) >= 11 is 0. The van der Waals surface area contributed by atoms with E-state index in [9.17, 15) is 13.2 Å². The van der Waals surface area contributed by atoms with Crippen LogP contribution in [0.25, 0.3) is 0 Å². The highest BCUT2D eigenvalue weighted by Gasteiger charge is 2.31. The lowest BCUT2D eigenvalue weighted by atomic mass is 10.2. The number of nitriles is 1. The molecule has 29 heavy (non-hydrogen) atoms. The molecule has 8 heteroatoms. The van der Waals surface area contributed by atoms with Gasteiger partial charge in [0.05, 0.1) is 22.6 Å². The van der Waals surface area contributed by atoms with E-state index in [1.165, 1.54) is 4.31 Å². The Labute approximate surface area is 171 Å². The van der Waals surface area contributed by atoms with Crippen LogP contribution in [0.5, 0.6) is 0 Å². The predicted molar refractivity (Wildman–Crippen MR) is 111 cm³/mol. The maximum Gasteiger partial charge on any atom is 0.243 e. The molecule has 152 valence electrons. The summed E-state index contributed by atoms with van der Waals surface area (Å²) in [6.07, 6.45) is 0. The quantitative estimate of drug-likeness (QED) is 0.813. The highest BCUT2D eigenvalue weighted by molar-refractivity contribution is 7.89. The number of amides is 1. The molecule has 0 aromatic heterocycles. The van der Waals surface area contributed by atoms with E-state index in [1.807, 2.05) is 24.8 Å². The summed E-state index contributed by atoms with van der Waals surface area (Å²) in [4.78, 5) is 14.8. The van der Waals surface area contributed by atoms with Gasteiger partial charge in [-0.2, -0.15) is 9.57 Å². The van der Waals surface area contributed by atoms with Gasteiger partial charge in [0.1, 0.15) is 0 Å². The van der Waals surface area contributed by atoms with Gasteiger partial charge in [0.25, 0.3) is 0 Å². The number of nitrogens with one attached hydrogen (secondary N) is 1. The molecule has 0 unspecified atom stereocenters. The number of aryl methyl sites for hydroxylation is 1. The Morgan fingerprint density at radius 1 is 1.03 bits per heavy atom. The standard InChI is InChI=1S/C21H24N4O3S/c1-16-3-9-20(10-4-16)29(27,28)25-13-11-24(12-14-25)17(2)21(26)23-19-7-5-18(15-22)6-8-19/h3-10,17H,11-14H2,1-2H3,(H,23,26)/t17-/m1/s1. The average Bonchev–Trinajstić information content (AvgIpc) is 2.74. The summed E-state index contributed by atoms with van der Waals surface area (Å²) in [6.45, 7) is 5.36. The lowest BCUT2D eigenvalue weighted by Crippen LogP contribution is -2.53. The van der Waals surface area contributed by atoms with Gasteiger partial charge in [0, 0.05) is 31.9 Å². The second-order valence-corrected chi connectivity index (χ2v) is 9.05. The maximum absolute atomic E-state index is 12.8. The summed E-state index contributed by atoms with van der Waals surface area (Å²) < 4.78 is 27.1. The minimum Gasteiger partial charge on any atom is -0.325 e. The zero-order chi connectivity index (χ0) is 21.0. The van der Waals surface area contributed by atoms with Crippen molar-refractivity contribution in [3.63, 3.8) is 0 Å². The number of piperazine rings is 1. The van der Waals surface area contributed by atoms with Crippen molar-refractivity contribution < 1.29 is 13.2 Å². The topological polar surface area (TPSA) is 93.5 Å². The summed E-state index contributed by atoms with van der Waals surface area (Å²) in [5.41, 5.74) is 2.17. The van der Waals surface area contributed by atoms with Crippen LogP contribution in [-0.4, -0.2) is 55.8 Å². The molecule has 3 rings (SSSR count). The Bertz CT molecular complexity index is 1000. The van der Waals surface area contributed by atoms with Gasteiger partial charge in [0.2, 0.25) is 15.9 Å². The molecule has 2 aromatic rings. The molecule has 1 N–H and O–H groups in total. The summed E-state index contributed by atoms with van der Waals surface area (Å²) in [5.74, 6) is -0.162. The fourth-order valence-corrected chi connectivity index (χ4v) is 4.65. The van der Waals surface area contributed by atoms with E-state index >= 15 is 0 Å². The van der Waals surface area contributed by atoms with Gasteiger partial charge < -0.3 is 5.32 Å². The molecule has 2 aromatic carbocycles. The second kappa shape index (κ2) is 8.74. The molecular formula is C21H24N4O3S. The SMILES string of the molecule is Cc1ccc(S(=O)(=O)N2CCN([C@H](C)C(=O)Nc3ccc(C#N)cc3)CC2)cc1. The second-order valence-electron chi connectivity index (χ2n) is 7.11. The average molecular weight is 413 g/mol. The largest absolute Gasteiger partial charge is 0.325 e. The molecule has 1 atom stereocenters. The summed E-state index contributed by atoms with van der Waals surface area (Å²) in [7, 11) is -3.52. The molecule has 1 aliphatic heterocycles. The van der Waals surface area contributed by atoms with Gasteiger partial charge >= 0.3 is 0 Å². The van der Waals surface area contributed by atoms with Crippen LogP contribution in [0.3, 0.4) is 0 Å². The number of anilines is 1. The Hall–Kier alpha value is -2.73. The zero-order valence-corrected chi connectivity index (χ0v) is 17.3. The third-order valence-corrected chi connectivity index (χ3v) is 7.05. The van der Waals surface area contributed by atoms with Crippen LogP contribution in [0.15, 0.2) is 53.4 Å². The highest BCUT2D eigenvalue weighted by Crippen LogP contribution is 2.19. The molecule has 0 radical (unpaired) electrons. The molecule has 7 nitrogen and oxygen atoms in total. The van der Waals surface area contributed by atoms with Gasteiger partial charge in [-0.15, -0.1) is 0 Å². The van der Waals surface area contributed by atoms with E-state index < -0.39 is 16.1 Å². The Kier molecular flexibility index (Phi) is 6.33. The third kappa shape index (κ3) is 4.82. The number of carbonyl (C=O) groups excluding carboxylic acids is 1. The first kappa shape index (κ1) is 21.0. The maximum atomic E-state index is 12.8. The van der Waals surface area contributed by atoms with Gasteiger partial charge in [-0.3, -0.25) is 9.69 Å². The van der Waals surface area contributed by atoms with Crippen LogP contribution < -0.4 is 5.32 Å². The molecular weight excluding hydrogens is 388 g/mol. The van der Waals surface area contributed by atoms with Gasteiger partial charge in [-0.05, 0) is 50.2 Å². The van der Waals surface area contributed by atoms with Crippen molar-refractivity contribution in [1.82, 2.24) is 9.21 Å². The Morgan fingerprint density at radius 3 is 2.17 bits per heavy atom. The van der Waals surface area contributed by atoms with Crippen molar-refractivity contribution in [2.45, 2.75) is 24.8 Å². The minimum absolute atomic E-state index is 0.162. The van der Waals surface area contributed by atoms with Crippen molar-refractivity contribution in [1.29, 1.82) is 5.26 Å². The van der Waals surface area contributed by atoms with Crippen LogP contribution in [0.2, 0.25) is 0 Å². The zero-order valence-electron chi connectivity index (χ0n) is 16.5. The molecule has 1 heterocycles. The molecule has 1 amide bonds. The monoisotopic (exact) mass is 412 g/mol. The van der Waals surface area contributed by atoms with Gasteiger partial charge in [0.15, 0.2) is 0 Å². The predicted octanol–water partition coefficient (Wildman–Crippen LogP) is 2.20. The Morgan fingerprint density at radius 2 is 1.62 bits per heavy atom. The summed E-state index contributed by atoms with van der Waals surface area (Å²) in [6, 6.07) is 15.2. The van der Waals surface area contributed by atoms with Gasteiger partial charge in [-0.25, -0.2) is 8.42 Å². The third-order valence-electron chi connectivity index (χ3n) is 5.14. The number of hydrogen-bond acceptors (Lipinski definition) is 5. The van der Waals surface area contributed by atoms with Crippen molar-refractivity contribution in [3.8, 4) is 6.07 Å². The number of rotatable bonds is 5. The molecule has 1 saturated heterocycles. The van der Waals surface area contributed by atoms with Crippen LogP contribution in [0.1, 0.15) is 18.1 Å². The molecule has 1 fully saturated rings. The first-order valence-electron chi connectivity index (χ1n) is 9.43. The van der Waals surface area contributed by atoms with Crippen molar-refractivity contribution in [2.75, 3.05) is 31.5 Å². The van der Waals surface area contributed by atoms with Gasteiger partial charge in [-0.1, -0.05) is 17.7 Å². The van der Waals surface area contributed by atoms with E-state index in [-0.39, 0.29) is 5.91 Å². The first-order valence-corrected chi connectivity index (χ1v) is 10.9. The highest BCUT2D eigenvalue weighted by atomic mass is 32.2. The van der Waals surface area contributed by atoms with Crippen LogP contribution in [0.4, 0.5) is 5.69 Å². The Balaban J connectivity index is 1.58. The normalized spacial score (nSPS) is 16.7. The lowest BCUT2D eigenvalue weighted by Gasteiger charge is -2.36. The lowest BCUT2D eigenvalue weighted by molar-refractivity contribution is -0.121. The van der Waals surface area contributed by atoms with Crippen LogP contribution in [0, 0.1) is 18.3 Å². The molecule has 0 saturated carbocycles. The smallest absolute Gasteiger partial charge is 0.243 e. The molecule has 0 spiro atoms. The molecule has 1 aliphatic rings. The first-order chi connectivity index (χ1) is 13.8. The summed E-state index contributed by atoms with van der Waals surface area (Å²) in [5, 5.41) is 11.7. The molecule has 0 bridgehead atoms. The fraction of sp³-hybridized carbons (Fsp3) is 0.333. The fourth-order valence-electron chi connectivity index (χ4n) is 3.23. The van der Waals surface area contributed by atoms with E-state index in [0.717, 1.165) is 5.56 Å². The van der Waals surface area contributed by atoms with E-state index in [2.05, 4.69) is 5.32 Å². The van der Waals surface area contributed by atoms with Crippen molar-refractivity contribution in [2.24, 2.45) is 0 Å². The van der Waals surface area contributed by atoms with Crippen LogP contribution >= 0.6 is 0 Å². The van der Waals surface area contributed by atoms with E-state index in [1.54, 1.807) is 48.5 Å². The minimum atomic E-state index is -3.52. The van der Waals surface area contributed by atoms with E-state index in [0.29, 0.717) is 42.3 Å². The van der Waals surface area contributed by atoms with Crippen molar-refractivity contribution >= 4 is 21.6 Å². The number of benzene rings is 2. The number of nitrogens with zero attached hydrogens (tertiary/aromatic N) is 3. The van der Waals surface area contributed by atoms with E-state index in [4.69, 9.17) is 5.26 Å².